The van der Waals surface area contributed by atoms with Gasteiger partial charge in [0.25, 0.3) is 0 Å². The first-order valence-corrected chi connectivity index (χ1v) is 5.55. The number of ether oxygens (including phenoxy) is 2. The fourth-order valence-corrected chi connectivity index (χ4v) is 2.03. The monoisotopic (exact) mass is 243 g/mol. The number of hydrogen-bond acceptors (Lipinski definition) is 4. The fourth-order valence-electron chi connectivity index (χ4n) is 2.03. The lowest BCUT2D eigenvalue weighted by molar-refractivity contribution is -0.114. The number of allylic oxidation sites excluding steroid dienone is 1. The van der Waals surface area contributed by atoms with Crippen LogP contribution in [0.25, 0.3) is 6.08 Å². The number of fused-ring (bicyclic) bond motifs is 1. The summed E-state index contributed by atoms with van der Waals surface area (Å²) in [6, 6.07) is 5.60. The molecule has 1 aromatic rings. The number of hydrogen-bond donors (Lipinski definition) is 0. The molecule has 0 amide bonds. The molecule has 92 valence electrons. The van der Waals surface area contributed by atoms with Crippen molar-refractivity contribution in [2.75, 3.05) is 14.2 Å². The van der Waals surface area contributed by atoms with Gasteiger partial charge in [0.05, 0.1) is 26.7 Å². The summed E-state index contributed by atoms with van der Waals surface area (Å²) in [6.45, 7) is 0. The first-order chi connectivity index (χ1) is 8.69. The quantitative estimate of drug-likeness (QED) is 0.812. The Hall–Kier alpha value is -2.28. The minimum absolute atomic E-state index is 0.0753. The third kappa shape index (κ3) is 2.07. The molecule has 2 rings (SSSR count). The molecule has 0 spiro atoms. The van der Waals surface area contributed by atoms with Gasteiger partial charge in [-0.2, -0.15) is 5.26 Å². The lowest BCUT2D eigenvalue weighted by Gasteiger charge is -2.09. The van der Waals surface area contributed by atoms with Crippen LogP contribution in [0.1, 0.15) is 17.5 Å². The number of carbonyl (C=O) groups excluding carboxylic acids is 1. The summed E-state index contributed by atoms with van der Waals surface area (Å²) in [4.78, 5) is 11.7. The number of carbonyl (C=O) groups is 1. The highest BCUT2D eigenvalue weighted by Crippen LogP contribution is 2.36. The molecule has 0 atom stereocenters. The number of methoxy groups -OCH3 is 2. The van der Waals surface area contributed by atoms with Gasteiger partial charge < -0.3 is 9.47 Å². The third-order valence-electron chi connectivity index (χ3n) is 2.95. The van der Waals surface area contributed by atoms with E-state index in [4.69, 9.17) is 14.7 Å². The smallest absolute Gasteiger partial charge is 0.173 e. The molecule has 0 saturated carbocycles. The van der Waals surface area contributed by atoms with E-state index in [-0.39, 0.29) is 12.2 Å². The molecular weight excluding hydrogens is 230 g/mol. The van der Waals surface area contributed by atoms with Gasteiger partial charge in [0, 0.05) is 12.0 Å². The molecule has 0 aromatic heterocycles. The van der Waals surface area contributed by atoms with Gasteiger partial charge in [0.1, 0.15) is 0 Å². The first kappa shape index (κ1) is 12.2. The van der Waals surface area contributed by atoms with Crippen LogP contribution in [0, 0.1) is 11.3 Å². The van der Waals surface area contributed by atoms with Gasteiger partial charge in [0.15, 0.2) is 17.3 Å². The molecule has 0 heterocycles. The fraction of sp³-hybridized carbons (Fsp3) is 0.286. The SMILES string of the molecule is COc1cc2c(cc1OC)CC(C(=O)CC#N)=C2. The van der Waals surface area contributed by atoms with E-state index in [0.29, 0.717) is 23.5 Å². The van der Waals surface area contributed by atoms with Crippen molar-refractivity contribution in [2.24, 2.45) is 0 Å². The average molecular weight is 243 g/mol. The summed E-state index contributed by atoms with van der Waals surface area (Å²) in [6.07, 6.45) is 2.29. The van der Waals surface area contributed by atoms with Crippen molar-refractivity contribution in [3.05, 3.63) is 28.8 Å². The molecule has 4 heteroatoms. The molecule has 4 nitrogen and oxygen atoms in total. The molecule has 0 bridgehead atoms. The molecule has 0 aliphatic heterocycles. The summed E-state index contributed by atoms with van der Waals surface area (Å²) < 4.78 is 10.4. The maximum absolute atomic E-state index is 11.7. The van der Waals surface area contributed by atoms with E-state index in [9.17, 15) is 4.79 Å². The van der Waals surface area contributed by atoms with Gasteiger partial charge >= 0.3 is 0 Å². The summed E-state index contributed by atoms with van der Waals surface area (Å²) >= 11 is 0. The van der Waals surface area contributed by atoms with Crippen LogP contribution >= 0.6 is 0 Å². The van der Waals surface area contributed by atoms with Gasteiger partial charge in [0.2, 0.25) is 0 Å². The van der Waals surface area contributed by atoms with Gasteiger partial charge in [-0.1, -0.05) is 0 Å². The lowest BCUT2D eigenvalue weighted by Crippen LogP contribution is -2.00. The third-order valence-corrected chi connectivity index (χ3v) is 2.95. The number of benzene rings is 1. The predicted molar refractivity (Wildman–Crippen MR) is 66.5 cm³/mol. The molecule has 1 aliphatic carbocycles. The van der Waals surface area contributed by atoms with Crippen molar-refractivity contribution in [1.82, 2.24) is 0 Å². The van der Waals surface area contributed by atoms with Crippen LogP contribution in [0.4, 0.5) is 0 Å². The normalized spacial score (nSPS) is 12.4. The van der Waals surface area contributed by atoms with Crippen molar-refractivity contribution in [3.8, 4) is 17.6 Å². The number of ketones is 1. The molecule has 1 aromatic carbocycles. The van der Waals surface area contributed by atoms with Gasteiger partial charge in [-0.05, 0) is 29.3 Å². The molecular formula is C14H13NO3. The zero-order valence-corrected chi connectivity index (χ0v) is 10.3. The van der Waals surface area contributed by atoms with E-state index in [0.717, 1.165) is 11.1 Å². The van der Waals surface area contributed by atoms with Gasteiger partial charge in [-0.3, -0.25) is 4.79 Å². The van der Waals surface area contributed by atoms with Crippen LogP contribution in [0.15, 0.2) is 17.7 Å². The number of nitriles is 1. The van der Waals surface area contributed by atoms with Crippen molar-refractivity contribution in [3.63, 3.8) is 0 Å². The Bertz CT molecular complexity index is 567. The van der Waals surface area contributed by atoms with Crippen molar-refractivity contribution in [1.29, 1.82) is 5.26 Å². The van der Waals surface area contributed by atoms with Crippen LogP contribution in [-0.2, 0) is 11.2 Å². The highest BCUT2D eigenvalue weighted by Gasteiger charge is 2.20. The molecule has 0 unspecified atom stereocenters. The Morgan fingerprint density at radius 3 is 2.61 bits per heavy atom. The second-order valence-electron chi connectivity index (χ2n) is 4.01. The van der Waals surface area contributed by atoms with E-state index < -0.39 is 0 Å². The highest BCUT2D eigenvalue weighted by atomic mass is 16.5. The minimum Gasteiger partial charge on any atom is -0.493 e. The van der Waals surface area contributed by atoms with Crippen LogP contribution in [0.3, 0.4) is 0 Å². The standard InChI is InChI=1S/C14H13NO3/c1-17-13-7-9-5-11(12(16)3-4-15)6-10(9)8-14(13)18-2/h5,7-8H,3,6H2,1-2H3. The Morgan fingerprint density at radius 1 is 1.33 bits per heavy atom. The van der Waals surface area contributed by atoms with Crippen LogP contribution in [0.2, 0.25) is 0 Å². The summed E-state index contributed by atoms with van der Waals surface area (Å²) in [5.41, 5.74) is 2.64. The van der Waals surface area contributed by atoms with Gasteiger partial charge in [-0.15, -0.1) is 0 Å². The van der Waals surface area contributed by atoms with Crippen LogP contribution in [0.5, 0.6) is 11.5 Å². The van der Waals surface area contributed by atoms with E-state index >= 15 is 0 Å². The zero-order chi connectivity index (χ0) is 13.1. The van der Waals surface area contributed by atoms with E-state index in [1.165, 1.54) is 0 Å². The van der Waals surface area contributed by atoms with Gasteiger partial charge in [-0.25, -0.2) is 0 Å². The summed E-state index contributed by atoms with van der Waals surface area (Å²) in [5, 5.41) is 8.54. The largest absolute Gasteiger partial charge is 0.493 e. The van der Waals surface area contributed by atoms with Crippen LogP contribution < -0.4 is 9.47 Å². The molecule has 0 fully saturated rings. The predicted octanol–water partition coefficient (Wildman–Crippen LogP) is 2.13. The Balaban J connectivity index is 2.34. The summed E-state index contributed by atoms with van der Waals surface area (Å²) in [7, 11) is 3.15. The van der Waals surface area contributed by atoms with E-state index in [2.05, 4.69) is 0 Å². The zero-order valence-electron chi connectivity index (χ0n) is 10.3. The summed E-state index contributed by atoms with van der Waals surface area (Å²) in [5.74, 6) is 1.17. The molecule has 0 radical (unpaired) electrons. The number of rotatable bonds is 4. The van der Waals surface area contributed by atoms with E-state index in [1.807, 2.05) is 24.3 Å². The maximum atomic E-state index is 11.7. The average Bonchev–Trinajstić information content (AvgIpc) is 2.80. The first-order valence-electron chi connectivity index (χ1n) is 5.55. The van der Waals surface area contributed by atoms with E-state index in [1.54, 1.807) is 14.2 Å². The second-order valence-corrected chi connectivity index (χ2v) is 4.01. The number of Topliss-reactive ketones (excluding diaryl/α,β-unsaturated/α-hetero) is 1. The Kier molecular flexibility index (Phi) is 3.33. The Labute approximate surface area is 105 Å². The molecule has 1 aliphatic rings. The minimum atomic E-state index is -0.119. The maximum Gasteiger partial charge on any atom is 0.173 e. The number of nitrogens with zero attached hydrogens (tertiary/aromatic N) is 1. The van der Waals surface area contributed by atoms with Crippen molar-refractivity contribution >= 4 is 11.9 Å². The highest BCUT2D eigenvalue weighted by molar-refractivity contribution is 6.02. The molecule has 18 heavy (non-hydrogen) atoms. The van der Waals surface area contributed by atoms with Crippen molar-refractivity contribution in [2.45, 2.75) is 12.8 Å². The molecule has 0 N–H and O–H groups in total. The Morgan fingerprint density at radius 2 is 2.00 bits per heavy atom. The lowest BCUT2D eigenvalue weighted by atomic mass is 10.1. The topological polar surface area (TPSA) is 59.3 Å². The molecule has 0 saturated heterocycles. The van der Waals surface area contributed by atoms with Crippen LogP contribution in [-0.4, -0.2) is 20.0 Å². The van der Waals surface area contributed by atoms with Crippen molar-refractivity contribution < 1.29 is 14.3 Å². The second kappa shape index (κ2) is 4.92.